The minimum absolute atomic E-state index is 0.299. The van der Waals surface area contributed by atoms with Gasteiger partial charge in [0.25, 0.3) is 5.91 Å². The molecule has 1 aromatic heterocycles. The van der Waals surface area contributed by atoms with Crippen LogP contribution in [-0.2, 0) is 0 Å². The third kappa shape index (κ3) is 2.97. The maximum Gasteiger partial charge on any atom is 0.261 e. The summed E-state index contributed by atoms with van der Waals surface area (Å²) in [6.07, 6.45) is 0. The Morgan fingerprint density at radius 2 is 1.83 bits per heavy atom. The third-order valence-electron chi connectivity index (χ3n) is 3.41. The summed E-state index contributed by atoms with van der Waals surface area (Å²) in [5.74, 6) is 0.155. The van der Waals surface area contributed by atoms with Crippen LogP contribution in [0.5, 0.6) is 0 Å². The van der Waals surface area contributed by atoms with Gasteiger partial charge < -0.3 is 9.84 Å². The molecule has 2 aromatic carbocycles. The van der Waals surface area contributed by atoms with Gasteiger partial charge in [-0.25, -0.2) is 0 Å². The summed E-state index contributed by atoms with van der Waals surface area (Å²) in [6.45, 7) is 1.70. The average Bonchev–Trinajstić information content (AvgIpc) is 2.98. The fourth-order valence-corrected chi connectivity index (χ4v) is 2.25. The van der Waals surface area contributed by atoms with Gasteiger partial charge in [0.15, 0.2) is 0 Å². The van der Waals surface area contributed by atoms with Crippen LogP contribution in [0.4, 0.5) is 5.69 Å². The zero-order valence-electron chi connectivity index (χ0n) is 12.4. The van der Waals surface area contributed by atoms with Gasteiger partial charge in [-0.2, -0.15) is 5.26 Å². The first-order chi connectivity index (χ1) is 11.2. The van der Waals surface area contributed by atoms with Crippen LogP contribution >= 0.6 is 0 Å². The van der Waals surface area contributed by atoms with Crippen molar-refractivity contribution in [3.8, 4) is 17.3 Å². The molecule has 0 saturated carbocycles. The molecule has 0 aliphatic carbocycles. The quantitative estimate of drug-likeness (QED) is 0.798. The van der Waals surface area contributed by atoms with Gasteiger partial charge in [0.05, 0.1) is 11.6 Å². The van der Waals surface area contributed by atoms with Crippen LogP contribution in [0.2, 0.25) is 0 Å². The highest BCUT2D eigenvalue weighted by atomic mass is 16.5. The first-order valence-corrected chi connectivity index (χ1v) is 7.02. The molecule has 1 N–H and O–H groups in total. The first-order valence-electron chi connectivity index (χ1n) is 7.02. The van der Waals surface area contributed by atoms with E-state index in [4.69, 9.17) is 9.78 Å². The number of amides is 1. The Morgan fingerprint density at radius 3 is 2.48 bits per heavy atom. The molecule has 5 nitrogen and oxygen atoms in total. The average molecular weight is 303 g/mol. The molecule has 1 amide bonds. The molecule has 5 heteroatoms. The number of nitrogens with one attached hydrogen (secondary N) is 1. The van der Waals surface area contributed by atoms with Crippen LogP contribution in [0.3, 0.4) is 0 Å². The minimum Gasteiger partial charge on any atom is -0.360 e. The molecule has 0 saturated heterocycles. The summed E-state index contributed by atoms with van der Waals surface area (Å²) < 4.78 is 5.19. The number of anilines is 1. The highest BCUT2D eigenvalue weighted by Crippen LogP contribution is 2.26. The van der Waals surface area contributed by atoms with E-state index < -0.39 is 0 Å². The number of carbonyl (C=O) groups excluding carboxylic acids is 1. The fraction of sp³-hybridized carbons (Fsp3) is 0.0556. The van der Waals surface area contributed by atoms with Crippen molar-refractivity contribution in [1.82, 2.24) is 5.16 Å². The van der Waals surface area contributed by atoms with Gasteiger partial charge >= 0.3 is 0 Å². The number of carbonyl (C=O) groups is 1. The van der Waals surface area contributed by atoms with E-state index in [1.165, 1.54) is 0 Å². The van der Waals surface area contributed by atoms with Gasteiger partial charge in [-0.05, 0) is 31.2 Å². The Balaban J connectivity index is 1.91. The molecule has 1 heterocycles. The molecule has 112 valence electrons. The molecule has 3 rings (SSSR count). The van der Waals surface area contributed by atoms with E-state index in [1.54, 1.807) is 31.2 Å². The maximum atomic E-state index is 12.6. The lowest BCUT2D eigenvalue weighted by atomic mass is 10.1. The molecule has 0 aliphatic heterocycles. The lowest BCUT2D eigenvalue weighted by molar-refractivity contribution is 0.102. The lowest BCUT2D eigenvalue weighted by Crippen LogP contribution is -2.13. The highest BCUT2D eigenvalue weighted by Gasteiger charge is 2.21. The highest BCUT2D eigenvalue weighted by molar-refractivity contribution is 6.08. The number of aryl methyl sites for hydroxylation is 1. The predicted octanol–water partition coefficient (Wildman–Crippen LogP) is 3.77. The summed E-state index contributed by atoms with van der Waals surface area (Å²) in [6, 6.07) is 18.1. The molecular weight excluding hydrogens is 290 g/mol. The van der Waals surface area contributed by atoms with Crippen molar-refractivity contribution in [2.45, 2.75) is 6.92 Å². The lowest BCUT2D eigenvalue weighted by Gasteiger charge is -2.06. The third-order valence-corrected chi connectivity index (χ3v) is 3.41. The van der Waals surface area contributed by atoms with E-state index >= 15 is 0 Å². The Kier molecular flexibility index (Phi) is 3.89. The Labute approximate surface area is 133 Å². The Morgan fingerprint density at radius 1 is 1.13 bits per heavy atom. The monoisotopic (exact) mass is 303 g/mol. The molecule has 3 aromatic rings. The molecule has 0 fully saturated rings. The summed E-state index contributed by atoms with van der Waals surface area (Å²) in [7, 11) is 0. The second-order valence-corrected chi connectivity index (χ2v) is 4.97. The molecule has 0 bridgehead atoms. The first kappa shape index (κ1) is 14.5. The van der Waals surface area contributed by atoms with E-state index in [0.29, 0.717) is 28.3 Å². The summed E-state index contributed by atoms with van der Waals surface area (Å²) in [5, 5.41) is 15.6. The van der Waals surface area contributed by atoms with Crippen molar-refractivity contribution in [3.05, 3.63) is 71.5 Å². The zero-order valence-corrected chi connectivity index (χ0v) is 12.4. The largest absolute Gasteiger partial charge is 0.360 e. The van der Waals surface area contributed by atoms with E-state index in [2.05, 4.69) is 10.5 Å². The number of rotatable bonds is 3. The molecule has 23 heavy (non-hydrogen) atoms. The number of hydrogen-bond donors (Lipinski definition) is 1. The van der Waals surface area contributed by atoms with Crippen molar-refractivity contribution in [2.75, 3.05) is 5.32 Å². The minimum atomic E-state index is -0.299. The summed E-state index contributed by atoms with van der Waals surface area (Å²) in [5.41, 5.74) is 2.87. The second kappa shape index (κ2) is 6.16. The van der Waals surface area contributed by atoms with Crippen molar-refractivity contribution in [2.24, 2.45) is 0 Å². The van der Waals surface area contributed by atoms with E-state index in [-0.39, 0.29) is 5.91 Å². The molecular formula is C18H13N3O2. The topological polar surface area (TPSA) is 78.9 Å². The molecule has 0 radical (unpaired) electrons. The van der Waals surface area contributed by atoms with Crippen molar-refractivity contribution >= 4 is 11.6 Å². The van der Waals surface area contributed by atoms with Crippen LogP contribution in [0.15, 0.2) is 59.1 Å². The van der Waals surface area contributed by atoms with E-state index in [0.717, 1.165) is 5.56 Å². The van der Waals surface area contributed by atoms with Crippen LogP contribution in [0, 0.1) is 18.3 Å². The van der Waals surface area contributed by atoms with E-state index in [1.807, 2.05) is 36.4 Å². The van der Waals surface area contributed by atoms with Crippen molar-refractivity contribution in [1.29, 1.82) is 5.26 Å². The van der Waals surface area contributed by atoms with Gasteiger partial charge in [-0.15, -0.1) is 0 Å². The molecule has 0 atom stereocenters. The van der Waals surface area contributed by atoms with Crippen LogP contribution in [0.1, 0.15) is 21.7 Å². The molecule has 0 spiro atoms. The number of nitrogens with zero attached hydrogens (tertiary/aromatic N) is 2. The van der Waals surface area contributed by atoms with Crippen molar-refractivity contribution < 1.29 is 9.32 Å². The van der Waals surface area contributed by atoms with Crippen molar-refractivity contribution in [3.63, 3.8) is 0 Å². The van der Waals surface area contributed by atoms with E-state index in [9.17, 15) is 4.79 Å². The normalized spacial score (nSPS) is 10.1. The SMILES string of the molecule is Cc1onc(-c2ccccc2)c1C(=O)Nc1ccc(C#N)cc1. The Bertz CT molecular complexity index is 875. The van der Waals surface area contributed by atoms with Gasteiger partial charge in [0.2, 0.25) is 0 Å². The van der Waals surface area contributed by atoms with Crippen LogP contribution in [0.25, 0.3) is 11.3 Å². The van der Waals surface area contributed by atoms with Crippen LogP contribution < -0.4 is 5.32 Å². The smallest absolute Gasteiger partial charge is 0.261 e. The Hall–Kier alpha value is -3.39. The number of benzene rings is 2. The number of aromatic nitrogens is 1. The number of hydrogen-bond acceptors (Lipinski definition) is 4. The summed E-state index contributed by atoms with van der Waals surface area (Å²) >= 11 is 0. The molecule has 0 aliphatic rings. The van der Waals surface area contributed by atoms with Gasteiger partial charge in [-0.1, -0.05) is 35.5 Å². The fourth-order valence-electron chi connectivity index (χ4n) is 2.25. The van der Waals surface area contributed by atoms with Gasteiger partial charge in [0.1, 0.15) is 17.0 Å². The van der Waals surface area contributed by atoms with Crippen LogP contribution in [-0.4, -0.2) is 11.1 Å². The zero-order chi connectivity index (χ0) is 16.2. The molecule has 0 unspecified atom stereocenters. The number of nitriles is 1. The summed E-state index contributed by atoms with van der Waals surface area (Å²) in [4.78, 5) is 12.6. The van der Waals surface area contributed by atoms with Gasteiger partial charge in [-0.3, -0.25) is 4.79 Å². The van der Waals surface area contributed by atoms with Gasteiger partial charge in [0, 0.05) is 11.3 Å². The second-order valence-electron chi connectivity index (χ2n) is 4.97. The maximum absolute atomic E-state index is 12.6. The standard InChI is InChI=1S/C18H13N3O2/c1-12-16(17(21-23-12)14-5-3-2-4-6-14)18(22)20-15-9-7-13(11-19)8-10-15/h2-10H,1H3,(H,20,22). The predicted molar refractivity (Wildman–Crippen MR) is 85.8 cm³/mol.